The standard InChI is InChI=1S/C14H21N3O3/c1-11(12-3-5-13(6-4-12)17(18)19)16(2)10-14-9-15-7-8-20-14/h3-6,11,14-15H,7-10H2,1-2H3. The molecule has 0 saturated carbocycles. The Morgan fingerprint density at radius 2 is 2.20 bits per heavy atom. The lowest BCUT2D eigenvalue weighted by Crippen LogP contribution is -2.44. The second kappa shape index (κ2) is 6.78. The molecule has 0 spiro atoms. The van der Waals surface area contributed by atoms with Gasteiger partial charge in [-0.2, -0.15) is 0 Å². The summed E-state index contributed by atoms with van der Waals surface area (Å²) in [6.45, 7) is 5.47. The maximum atomic E-state index is 10.7. The highest BCUT2D eigenvalue weighted by molar-refractivity contribution is 5.34. The molecule has 1 aromatic rings. The summed E-state index contributed by atoms with van der Waals surface area (Å²) in [6.07, 6.45) is 0.203. The van der Waals surface area contributed by atoms with Crippen LogP contribution in [-0.2, 0) is 4.74 Å². The van der Waals surface area contributed by atoms with Crippen molar-refractivity contribution in [1.82, 2.24) is 10.2 Å². The summed E-state index contributed by atoms with van der Waals surface area (Å²) >= 11 is 0. The lowest BCUT2D eigenvalue weighted by molar-refractivity contribution is -0.384. The quantitative estimate of drug-likeness (QED) is 0.654. The molecule has 2 unspecified atom stereocenters. The largest absolute Gasteiger partial charge is 0.374 e. The van der Waals surface area contributed by atoms with Gasteiger partial charge in [-0.3, -0.25) is 15.0 Å². The topological polar surface area (TPSA) is 67.6 Å². The number of morpholine rings is 1. The van der Waals surface area contributed by atoms with Crippen molar-refractivity contribution in [1.29, 1.82) is 0 Å². The van der Waals surface area contributed by atoms with Crippen LogP contribution in [0.5, 0.6) is 0 Å². The number of nitrogens with one attached hydrogen (secondary N) is 1. The van der Waals surface area contributed by atoms with E-state index in [9.17, 15) is 10.1 Å². The van der Waals surface area contributed by atoms with E-state index in [4.69, 9.17) is 4.74 Å². The van der Waals surface area contributed by atoms with Crippen LogP contribution in [0.15, 0.2) is 24.3 Å². The molecule has 0 bridgehead atoms. The first kappa shape index (κ1) is 14.9. The minimum atomic E-state index is -0.375. The maximum Gasteiger partial charge on any atom is 0.269 e. The zero-order valence-corrected chi connectivity index (χ0v) is 11.9. The Hall–Kier alpha value is -1.50. The highest BCUT2D eigenvalue weighted by Gasteiger charge is 2.19. The van der Waals surface area contributed by atoms with E-state index in [1.54, 1.807) is 12.1 Å². The maximum absolute atomic E-state index is 10.7. The molecule has 1 saturated heterocycles. The summed E-state index contributed by atoms with van der Waals surface area (Å²) in [5.41, 5.74) is 1.20. The van der Waals surface area contributed by atoms with Gasteiger partial charge >= 0.3 is 0 Å². The Labute approximate surface area is 118 Å². The Balaban J connectivity index is 1.94. The summed E-state index contributed by atoms with van der Waals surface area (Å²) in [6, 6.07) is 6.94. The van der Waals surface area contributed by atoms with Crippen molar-refractivity contribution in [3.05, 3.63) is 39.9 Å². The Morgan fingerprint density at radius 1 is 1.50 bits per heavy atom. The van der Waals surface area contributed by atoms with Gasteiger partial charge in [0.25, 0.3) is 5.69 Å². The van der Waals surface area contributed by atoms with Gasteiger partial charge in [-0.1, -0.05) is 12.1 Å². The predicted molar refractivity (Wildman–Crippen MR) is 76.8 cm³/mol. The number of ether oxygens (including phenoxy) is 1. The molecule has 110 valence electrons. The van der Waals surface area contributed by atoms with Gasteiger partial charge in [0.05, 0.1) is 17.6 Å². The molecule has 1 N–H and O–H groups in total. The third kappa shape index (κ3) is 3.75. The number of hydrogen-bond acceptors (Lipinski definition) is 5. The summed E-state index contributed by atoms with van der Waals surface area (Å²) in [5, 5.41) is 14.0. The van der Waals surface area contributed by atoms with Gasteiger partial charge in [0.1, 0.15) is 0 Å². The van der Waals surface area contributed by atoms with Gasteiger partial charge in [-0.25, -0.2) is 0 Å². The number of nitrogens with zero attached hydrogens (tertiary/aromatic N) is 2. The summed E-state index contributed by atoms with van der Waals surface area (Å²) in [4.78, 5) is 12.5. The van der Waals surface area contributed by atoms with Crippen LogP contribution < -0.4 is 5.32 Å². The molecule has 0 aliphatic carbocycles. The van der Waals surface area contributed by atoms with E-state index in [0.717, 1.165) is 31.8 Å². The summed E-state index contributed by atoms with van der Waals surface area (Å²) < 4.78 is 5.69. The van der Waals surface area contributed by atoms with Gasteiger partial charge in [-0.05, 0) is 19.5 Å². The number of likely N-dealkylation sites (N-methyl/N-ethyl adjacent to an activating group) is 1. The zero-order valence-electron chi connectivity index (χ0n) is 11.9. The van der Waals surface area contributed by atoms with Crippen LogP contribution >= 0.6 is 0 Å². The molecule has 6 nitrogen and oxygen atoms in total. The number of benzene rings is 1. The van der Waals surface area contributed by atoms with E-state index in [1.807, 2.05) is 19.2 Å². The molecule has 0 amide bonds. The van der Waals surface area contributed by atoms with Crippen molar-refractivity contribution < 1.29 is 9.66 Å². The van der Waals surface area contributed by atoms with E-state index in [1.165, 1.54) is 0 Å². The molecule has 0 radical (unpaired) electrons. The van der Waals surface area contributed by atoms with Crippen LogP contribution in [-0.4, -0.2) is 49.2 Å². The first-order valence-corrected chi connectivity index (χ1v) is 6.85. The highest BCUT2D eigenvalue weighted by atomic mass is 16.6. The second-order valence-corrected chi connectivity index (χ2v) is 5.16. The lowest BCUT2D eigenvalue weighted by atomic mass is 10.1. The van der Waals surface area contributed by atoms with Gasteiger partial charge in [0, 0.05) is 37.8 Å². The van der Waals surface area contributed by atoms with Crippen LogP contribution in [0.25, 0.3) is 0 Å². The third-order valence-electron chi connectivity index (χ3n) is 3.74. The molecule has 1 fully saturated rings. The minimum absolute atomic E-state index is 0.128. The number of rotatable bonds is 5. The van der Waals surface area contributed by atoms with Crippen molar-refractivity contribution in [2.45, 2.75) is 19.1 Å². The number of nitro groups is 1. The number of hydrogen-bond donors (Lipinski definition) is 1. The monoisotopic (exact) mass is 279 g/mol. The summed E-state index contributed by atoms with van der Waals surface area (Å²) in [5.74, 6) is 0. The van der Waals surface area contributed by atoms with Crippen molar-refractivity contribution in [2.75, 3.05) is 33.3 Å². The molecule has 1 aliphatic rings. The first-order chi connectivity index (χ1) is 9.58. The van der Waals surface area contributed by atoms with Gasteiger partial charge in [-0.15, -0.1) is 0 Å². The van der Waals surface area contributed by atoms with Crippen LogP contribution in [0.3, 0.4) is 0 Å². The molecular formula is C14H21N3O3. The van der Waals surface area contributed by atoms with E-state index >= 15 is 0 Å². The van der Waals surface area contributed by atoms with Crippen molar-refractivity contribution in [3.63, 3.8) is 0 Å². The Kier molecular flexibility index (Phi) is 5.05. The van der Waals surface area contributed by atoms with Crippen molar-refractivity contribution in [2.24, 2.45) is 0 Å². The molecule has 2 atom stereocenters. The van der Waals surface area contributed by atoms with Gasteiger partial charge < -0.3 is 10.1 Å². The predicted octanol–water partition coefficient (Wildman–Crippen LogP) is 1.58. The molecule has 1 heterocycles. The fourth-order valence-electron chi connectivity index (χ4n) is 2.35. The number of non-ortho nitro benzene ring substituents is 1. The Bertz CT molecular complexity index is 443. The average Bonchev–Trinajstić information content (AvgIpc) is 2.47. The van der Waals surface area contributed by atoms with Crippen molar-refractivity contribution >= 4 is 5.69 Å². The fraction of sp³-hybridized carbons (Fsp3) is 0.571. The molecule has 1 aromatic carbocycles. The van der Waals surface area contributed by atoms with E-state index in [0.29, 0.717) is 0 Å². The molecular weight excluding hydrogens is 258 g/mol. The van der Waals surface area contributed by atoms with E-state index in [2.05, 4.69) is 17.1 Å². The van der Waals surface area contributed by atoms with Gasteiger partial charge in [0.15, 0.2) is 0 Å². The second-order valence-electron chi connectivity index (χ2n) is 5.16. The average molecular weight is 279 g/mol. The van der Waals surface area contributed by atoms with E-state index in [-0.39, 0.29) is 22.8 Å². The fourth-order valence-corrected chi connectivity index (χ4v) is 2.35. The SMILES string of the molecule is CC(c1ccc([N+](=O)[O-])cc1)N(C)CC1CNCCO1. The highest BCUT2D eigenvalue weighted by Crippen LogP contribution is 2.22. The molecule has 2 rings (SSSR count). The lowest BCUT2D eigenvalue weighted by Gasteiger charge is -2.31. The van der Waals surface area contributed by atoms with Crippen LogP contribution in [0.1, 0.15) is 18.5 Å². The van der Waals surface area contributed by atoms with Crippen molar-refractivity contribution in [3.8, 4) is 0 Å². The smallest absolute Gasteiger partial charge is 0.269 e. The normalized spacial score (nSPS) is 20.9. The third-order valence-corrected chi connectivity index (χ3v) is 3.74. The molecule has 1 aliphatic heterocycles. The number of nitro benzene ring substituents is 1. The Morgan fingerprint density at radius 3 is 2.75 bits per heavy atom. The first-order valence-electron chi connectivity index (χ1n) is 6.85. The molecule has 20 heavy (non-hydrogen) atoms. The summed E-state index contributed by atoms with van der Waals surface area (Å²) in [7, 11) is 2.05. The van der Waals surface area contributed by atoms with E-state index < -0.39 is 0 Å². The minimum Gasteiger partial charge on any atom is -0.374 e. The van der Waals surface area contributed by atoms with Crippen LogP contribution in [0.2, 0.25) is 0 Å². The van der Waals surface area contributed by atoms with Crippen LogP contribution in [0, 0.1) is 10.1 Å². The molecule has 0 aromatic heterocycles. The zero-order chi connectivity index (χ0) is 14.5. The molecule has 6 heteroatoms. The van der Waals surface area contributed by atoms with Gasteiger partial charge in [0.2, 0.25) is 0 Å². The van der Waals surface area contributed by atoms with Crippen LogP contribution in [0.4, 0.5) is 5.69 Å².